The van der Waals surface area contributed by atoms with Crippen LogP contribution < -0.4 is 0 Å². The van der Waals surface area contributed by atoms with Gasteiger partial charge in [-0.1, -0.05) is 38.1 Å². The van der Waals surface area contributed by atoms with E-state index in [1.165, 1.54) is 11.1 Å². The molecule has 2 aliphatic rings. The Labute approximate surface area is 124 Å². The fourth-order valence-electron chi connectivity index (χ4n) is 3.79. The number of ether oxygens (including phenoxy) is 1. The highest BCUT2D eigenvalue weighted by molar-refractivity contribution is 5.69. The molecule has 0 radical (unpaired) electrons. The molecule has 3 atom stereocenters. The fraction of sp³-hybridized carbons (Fsp3) is 0.471. The maximum Gasteiger partial charge on any atom is 0.0956 e. The van der Waals surface area contributed by atoms with Gasteiger partial charge in [-0.05, 0) is 5.56 Å². The number of aliphatic hydroxyl groups is 1. The summed E-state index contributed by atoms with van der Waals surface area (Å²) in [5.41, 5.74) is 3.39. The quantitative estimate of drug-likeness (QED) is 0.875. The molecule has 4 heteroatoms. The minimum Gasteiger partial charge on any atom is -0.392 e. The van der Waals surface area contributed by atoms with E-state index < -0.39 is 6.10 Å². The molecule has 2 aliphatic heterocycles. The lowest BCUT2D eigenvalue weighted by Crippen LogP contribution is -2.49. The zero-order valence-corrected chi connectivity index (χ0v) is 12.4. The summed E-state index contributed by atoms with van der Waals surface area (Å²) in [6, 6.07) is 8.50. The van der Waals surface area contributed by atoms with E-state index in [-0.39, 0.29) is 17.4 Å². The number of hydrogen-bond donors (Lipinski definition) is 1. The summed E-state index contributed by atoms with van der Waals surface area (Å²) in [6.45, 7) is 5.33. The van der Waals surface area contributed by atoms with Crippen LogP contribution in [0.5, 0.6) is 0 Å². The van der Waals surface area contributed by atoms with Crippen molar-refractivity contribution in [3.8, 4) is 11.3 Å². The normalized spacial score (nSPS) is 30.0. The Balaban J connectivity index is 1.82. The summed E-state index contributed by atoms with van der Waals surface area (Å²) >= 11 is 0. The molecule has 4 nitrogen and oxygen atoms in total. The summed E-state index contributed by atoms with van der Waals surface area (Å²) in [5.74, 6) is 0.0466. The Hall–Kier alpha value is -1.65. The van der Waals surface area contributed by atoms with E-state index in [2.05, 4.69) is 47.7 Å². The van der Waals surface area contributed by atoms with Crippen LogP contribution in [-0.2, 0) is 4.74 Å². The highest BCUT2D eigenvalue weighted by Crippen LogP contribution is 2.47. The van der Waals surface area contributed by atoms with Crippen molar-refractivity contribution in [3.63, 3.8) is 0 Å². The first-order valence-electron chi connectivity index (χ1n) is 7.46. The van der Waals surface area contributed by atoms with E-state index in [0.717, 1.165) is 5.69 Å². The Morgan fingerprint density at radius 2 is 2.14 bits per heavy atom. The molecule has 0 spiro atoms. The number of nitrogens with zero attached hydrogens (tertiary/aromatic N) is 2. The third-order valence-corrected chi connectivity index (χ3v) is 4.92. The Morgan fingerprint density at radius 3 is 3.00 bits per heavy atom. The van der Waals surface area contributed by atoms with Gasteiger partial charge >= 0.3 is 0 Å². The minimum atomic E-state index is -0.391. The van der Waals surface area contributed by atoms with Gasteiger partial charge in [-0.3, -0.25) is 0 Å². The van der Waals surface area contributed by atoms with E-state index in [4.69, 9.17) is 4.74 Å². The average Bonchev–Trinajstić information content (AvgIpc) is 3.03. The van der Waals surface area contributed by atoms with Gasteiger partial charge in [0.25, 0.3) is 0 Å². The highest BCUT2D eigenvalue weighted by atomic mass is 16.5. The molecule has 3 heterocycles. The van der Waals surface area contributed by atoms with Gasteiger partial charge in [0.15, 0.2) is 0 Å². The molecule has 0 amide bonds. The molecule has 1 aromatic carbocycles. The van der Waals surface area contributed by atoms with Crippen molar-refractivity contribution in [3.05, 3.63) is 42.4 Å². The summed E-state index contributed by atoms with van der Waals surface area (Å²) in [5, 5.41) is 10.8. The first-order valence-corrected chi connectivity index (χ1v) is 7.46. The fourth-order valence-corrected chi connectivity index (χ4v) is 3.79. The smallest absolute Gasteiger partial charge is 0.0956 e. The summed E-state index contributed by atoms with van der Waals surface area (Å²) in [4.78, 5) is 4.29. The largest absolute Gasteiger partial charge is 0.392 e. The van der Waals surface area contributed by atoms with E-state index in [1.54, 1.807) is 0 Å². The summed E-state index contributed by atoms with van der Waals surface area (Å²) in [7, 11) is 0. The molecule has 1 fully saturated rings. The predicted octanol–water partition coefficient (Wildman–Crippen LogP) is 2.49. The molecule has 1 N–H and O–H groups in total. The number of fused-ring (bicyclic) bond motifs is 3. The van der Waals surface area contributed by atoms with Crippen LogP contribution >= 0.6 is 0 Å². The number of benzene rings is 1. The molecular weight excluding hydrogens is 264 g/mol. The molecule has 0 bridgehead atoms. The second-order valence-corrected chi connectivity index (χ2v) is 6.83. The highest BCUT2D eigenvalue weighted by Gasteiger charge is 2.45. The number of aromatic nitrogens is 2. The maximum atomic E-state index is 10.8. The number of imidazole rings is 1. The molecular formula is C17H20N2O2. The van der Waals surface area contributed by atoms with Crippen LogP contribution in [0.1, 0.15) is 25.5 Å². The van der Waals surface area contributed by atoms with Gasteiger partial charge in [0.05, 0.1) is 43.6 Å². The monoisotopic (exact) mass is 284 g/mol. The lowest BCUT2D eigenvalue weighted by atomic mass is 9.74. The van der Waals surface area contributed by atoms with E-state index in [1.807, 2.05) is 12.5 Å². The van der Waals surface area contributed by atoms with Crippen molar-refractivity contribution in [2.45, 2.75) is 26.0 Å². The van der Waals surface area contributed by atoms with Gasteiger partial charge < -0.3 is 14.4 Å². The predicted molar refractivity (Wildman–Crippen MR) is 79.9 cm³/mol. The first kappa shape index (κ1) is 13.0. The SMILES string of the molecule is CC1(C)COC[C@H](C2c3ccccc3-c3cncn32)[C@H]1O. The number of hydrogen-bond acceptors (Lipinski definition) is 3. The van der Waals surface area contributed by atoms with Crippen LogP contribution in [0.2, 0.25) is 0 Å². The Morgan fingerprint density at radius 1 is 1.33 bits per heavy atom. The number of rotatable bonds is 1. The zero-order chi connectivity index (χ0) is 14.6. The summed E-state index contributed by atoms with van der Waals surface area (Å²) < 4.78 is 7.98. The second-order valence-electron chi connectivity index (χ2n) is 6.83. The van der Waals surface area contributed by atoms with Crippen LogP contribution in [0.3, 0.4) is 0 Å². The topological polar surface area (TPSA) is 47.3 Å². The lowest BCUT2D eigenvalue weighted by molar-refractivity contribution is -0.129. The van der Waals surface area contributed by atoms with Crippen molar-refractivity contribution < 1.29 is 9.84 Å². The minimum absolute atomic E-state index is 0.0466. The molecule has 0 saturated carbocycles. The van der Waals surface area contributed by atoms with Gasteiger partial charge in [0, 0.05) is 16.9 Å². The molecule has 4 rings (SSSR count). The van der Waals surface area contributed by atoms with Crippen LogP contribution in [0, 0.1) is 11.3 Å². The van der Waals surface area contributed by atoms with Crippen LogP contribution in [0.4, 0.5) is 0 Å². The Kier molecular flexibility index (Phi) is 2.75. The zero-order valence-electron chi connectivity index (χ0n) is 12.4. The van der Waals surface area contributed by atoms with Crippen molar-refractivity contribution in [1.29, 1.82) is 0 Å². The van der Waals surface area contributed by atoms with Gasteiger partial charge in [0.2, 0.25) is 0 Å². The van der Waals surface area contributed by atoms with Crippen molar-refractivity contribution in [2.24, 2.45) is 11.3 Å². The standard InChI is InChI=1S/C17H20N2O2/c1-17(2)9-21-8-13(16(17)20)15-12-6-4-3-5-11(12)14-7-18-10-19(14)15/h3-7,10,13,15-16,20H,8-9H2,1-2H3/t13-,15?,16-/m1/s1. The van der Waals surface area contributed by atoms with E-state index in [9.17, 15) is 5.11 Å². The summed E-state index contributed by atoms with van der Waals surface area (Å²) in [6.07, 6.45) is 3.38. The molecule has 0 aliphatic carbocycles. The van der Waals surface area contributed by atoms with Crippen LogP contribution in [0.25, 0.3) is 11.3 Å². The van der Waals surface area contributed by atoms with Crippen molar-refractivity contribution >= 4 is 0 Å². The average molecular weight is 284 g/mol. The Bertz CT molecular complexity index is 677. The lowest BCUT2D eigenvalue weighted by Gasteiger charge is -2.43. The number of aliphatic hydroxyl groups excluding tert-OH is 1. The van der Waals surface area contributed by atoms with Crippen LogP contribution in [-0.4, -0.2) is 34.0 Å². The second kappa shape index (κ2) is 4.42. The van der Waals surface area contributed by atoms with Gasteiger partial charge in [0.1, 0.15) is 0 Å². The first-order chi connectivity index (χ1) is 10.1. The third kappa shape index (κ3) is 1.79. The molecule has 1 aromatic heterocycles. The third-order valence-electron chi connectivity index (χ3n) is 4.92. The van der Waals surface area contributed by atoms with Gasteiger partial charge in [-0.25, -0.2) is 4.98 Å². The maximum absolute atomic E-state index is 10.8. The van der Waals surface area contributed by atoms with Crippen molar-refractivity contribution in [1.82, 2.24) is 9.55 Å². The van der Waals surface area contributed by atoms with E-state index >= 15 is 0 Å². The molecule has 2 aromatic rings. The van der Waals surface area contributed by atoms with Crippen LogP contribution in [0.15, 0.2) is 36.8 Å². The van der Waals surface area contributed by atoms with E-state index in [0.29, 0.717) is 13.2 Å². The molecule has 1 unspecified atom stereocenters. The molecule has 110 valence electrons. The molecule has 1 saturated heterocycles. The van der Waals surface area contributed by atoms with Gasteiger partial charge in [-0.2, -0.15) is 0 Å². The molecule has 21 heavy (non-hydrogen) atoms. The van der Waals surface area contributed by atoms with Gasteiger partial charge in [-0.15, -0.1) is 0 Å². The van der Waals surface area contributed by atoms with Crippen molar-refractivity contribution in [2.75, 3.05) is 13.2 Å².